The van der Waals surface area contributed by atoms with Gasteiger partial charge < -0.3 is 5.11 Å². The minimum atomic E-state index is -1.16. The molecule has 0 fully saturated rings. The molecule has 0 aliphatic heterocycles. The van der Waals surface area contributed by atoms with Crippen LogP contribution in [-0.4, -0.2) is 22.8 Å². The molecule has 0 saturated carbocycles. The van der Waals surface area contributed by atoms with Crippen molar-refractivity contribution < 1.29 is 9.90 Å². The summed E-state index contributed by atoms with van der Waals surface area (Å²) in [6.07, 6.45) is 0.809. The molecule has 0 radical (unpaired) electrons. The molecular formula is C5H9Cl2NO2. The monoisotopic (exact) mass is 185 g/mol. The summed E-state index contributed by atoms with van der Waals surface area (Å²) >= 11 is 5.14. The Labute approximate surface area is 70.5 Å². The van der Waals surface area contributed by atoms with Crippen molar-refractivity contribution in [3.8, 4) is 0 Å². The number of carboxylic acids is 1. The molecule has 0 saturated heterocycles. The van der Waals surface area contributed by atoms with Gasteiger partial charge in [0.05, 0.1) is 0 Å². The van der Waals surface area contributed by atoms with Gasteiger partial charge in [0.1, 0.15) is 0 Å². The molecule has 0 heterocycles. The number of aliphatic imine (C=N–C) groups is 1. The van der Waals surface area contributed by atoms with E-state index in [1.54, 1.807) is 0 Å². The molecule has 10 heavy (non-hydrogen) atoms. The third-order valence-electron chi connectivity index (χ3n) is 0.651. The van der Waals surface area contributed by atoms with E-state index in [0.29, 0.717) is 6.54 Å². The van der Waals surface area contributed by atoms with Crippen LogP contribution in [0.2, 0.25) is 0 Å². The number of halogens is 2. The average Bonchev–Trinajstić information content (AvgIpc) is 1.82. The summed E-state index contributed by atoms with van der Waals surface area (Å²) in [5.74, 6) is -1.16. The predicted molar refractivity (Wildman–Crippen MR) is 43.3 cm³/mol. The Morgan fingerprint density at radius 3 is 2.50 bits per heavy atom. The molecule has 0 aliphatic carbocycles. The predicted octanol–water partition coefficient (Wildman–Crippen LogP) is 1.54. The highest BCUT2D eigenvalue weighted by molar-refractivity contribution is 6.81. The van der Waals surface area contributed by atoms with E-state index in [4.69, 9.17) is 16.7 Å². The Bertz CT molecular complexity index is 136. The third kappa shape index (κ3) is 5.85. The van der Waals surface area contributed by atoms with Crippen LogP contribution in [0.3, 0.4) is 0 Å². The molecule has 1 N–H and O–H groups in total. The van der Waals surface area contributed by atoms with Crippen molar-refractivity contribution in [3.05, 3.63) is 0 Å². The maximum atomic E-state index is 9.94. The molecule has 0 spiro atoms. The van der Waals surface area contributed by atoms with E-state index in [2.05, 4.69) is 4.99 Å². The lowest BCUT2D eigenvalue weighted by Crippen LogP contribution is -2.05. The van der Waals surface area contributed by atoms with E-state index < -0.39 is 5.97 Å². The van der Waals surface area contributed by atoms with Gasteiger partial charge in [-0.3, -0.25) is 4.99 Å². The van der Waals surface area contributed by atoms with Crippen molar-refractivity contribution in [2.75, 3.05) is 6.54 Å². The Morgan fingerprint density at radius 2 is 2.20 bits per heavy atom. The first-order chi connectivity index (χ1) is 4.18. The van der Waals surface area contributed by atoms with Crippen molar-refractivity contribution in [1.29, 1.82) is 0 Å². The number of hydrogen-bond acceptors (Lipinski definition) is 2. The highest BCUT2D eigenvalue weighted by Gasteiger charge is 2.01. The molecule has 0 aromatic carbocycles. The lowest BCUT2D eigenvalue weighted by atomic mass is 10.5. The standard InChI is InChI=1S/C5H8ClNO2.ClH/c1-2-3-7-4(6)5(8)9;/h2-3H2,1H3,(H,8,9);1H. The fourth-order valence-electron chi connectivity index (χ4n) is 0.278. The zero-order chi connectivity index (χ0) is 7.28. The van der Waals surface area contributed by atoms with Crippen molar-refractivity contribution in [3.63, 3.8) is 0 Å². The summed E-state index contributed by atoms with van der Waals surface area (Å²) in [5.41, 5.74) is 0. The summed E-state index contributed by atoms with van der Waals surface area (Å²) in [6.45, 7) is 2.38. The number of carboxylic acid groups (broad SMARTS) is 1. The van der Waals surface area contributed by atoms with Crippen LogP contribution in [0.15, 0.2) is 4.99 Å². The van der Waals surface area contributed by atoms with Crippen molar-refractivity contribution in [2.24, 2.45) is 4.99 Å². The minimum absolute atomic E-state index is 0. The van der Waals surface area contributed by atoms with Crippen molar-refractivity contribution >= 4 is 35.1 Å². The van der Waals surface area contributed by atoms with Crippen LogP contribution >= 0.6 is 24.0 Å². The fourth-order valence-corrected chi connectivity index (χ4v) is 0.362. The maximum Gasteiger partial charge on any atom is 0.365 e. The first-order valence-electron chi connectivity index (χ1n) is 2.61. The maximum absolute atomic E-state index is 9.94. The first kappa shape index (κ1) is 12.4. The number of rotatable bonds is 3. The lowest BCUT2D eigenvalue weighted by molar-refractivity contribution is -0.129. The first-order valence-corrected chi connectivity index (χ1v) is 2.99. The van der Waals surface area contributed by atoms with Crippen LogP contribution in [0.4, 0.5) is 0 Å². The number of aliphatic carboxylic acids is 1. The van der Waals surface area contributed by atoms with Crippen molar-refractivity contribution in [1.82, 2.24) is 0 Å². The van der Waals surface area contributed by atoms with Gasteiger partial charge in [0, 0.05) is 6.54 Å². The van der Waals surface area contributed by atoms with Crippen LogP contribution in [0.1, 0.15) is 13.3 Å². The smallest absolute Gasteiger partial charge is 0.365 e. The zero-order valence-electron chi connectivity index (χ0n) is 5.50. The summed E-state index contributed by atoms with van der Waals surface area (Å²) in [4.78, 5) is 13.5. The number of hydrogen-bond donors (Lipinski definition) is 1. The van der Waals surface area contributed by atoms with Crippen molar-refractivity contribution in [2.45, 2.75) is 13.3 Å². The van der Waals surface area contributed by atoms with Gasteiger partial charge in [-0.05, 0) is 6.42 Å². The van der Waals surface area contributed by atoms with E-state index in [9.17, 15) is 4.79 Å². The molecule has 60 valence electrons. The topological polar surface area (TPSA) is 49.7 Å². The van der Waals surface area contributed by atoms with Gasteiger partial charge in [-0.25, -0.2) is 4.79 Å². The van der Waals surface area contributed by atoms with Crippen LogP contribution in [-0.2, 0) is 4.79 Å². The van der Waals surface area contributed by atoms with Crippen LogP contribution < -0.4 is 0 Å². The molecule has 0 aromatic rings. The van der Waals surface area contributed by atoms with Crippen LogP contribution in [0, 0.1) is 0 Å². The molecule has 0 aromatic heterocycles. The molecule has 0 amide bonds. The van der Waals surface area contributed by atoms with Gasteiger partial charge in [-0.1, -0.05) is 18.5 Å². The van der Waals surface area contributed by atoms with Gasteiger partial charge in [-0.15, -0.1) is 12.4 Å². The lowest BCUT2D eigenvalue weighted by Gasteiger charge is -1.87. The number of nitrogens with zero attached hydrogens (tertiary/aromatic N) is 1. The second-order valence-corrected chi connectivity index (χ2v) is 1.84. The SMILES string of the molecule is CCCN=C(Cl)C(=O)O.Cl. The summed E-state index contributed by atoms with van der Waals surface area (Å²) in [7, 11) is 0. The van der Waals surface area contributed by atoms with E-state index in [1.165, 1.54) is 0 Å². The van der Waals surface area contributed by atoms with Gasteiger partial charge in [0.2, 0.25) is 5.17 Å². The molecule has 0 atom stereocenters. The van der Waals surface area contributed by atoms with E-state index in [1.807, 2.05) is 6.92 Å². The Hall–Kier alpha value is -0.280. The molecule has 0 rings (SSSR count). The quantitative estimate of drug-likeness (QED) is 0.679. The fraction of sp³-hybridized carbons (Fsp3) is 0.600. The zero-order valence-corrected chi connectivity index (χ0v) is 7.08. The van der Waals surface area contributed by atoms with Gasteiger partial charge in [0.25, 0.3) is 0 Å². The molecule has 3 nitrogen and oxygen atoms in total. The molecule has 5 heteroatoms. The summed E-state index contributed by atoms with van der Waals surface area (Å²) in [6, 6.07) is 0. The summed E-state index contributed by atoms with van der Waals surface area (Å²) < 4.78 is 0. The van der Waals surface area contributed by atoms with E-state index in [0.717, 1.165) is 6.42 Å². The highest BCUT2D eigenvalue weighted by atomic mass is 35.5. The molecule has 0 bridgehead atoms. The third-order valence-corrected chi connectivity index (χ3v) is 0.932. The Morgan fingerprint density at radius 1 is 1.70 bits per heavy atom. The Kier molecular flexibility index (Phi) is 8.48. The second-order valence-electron chi connectivity index (χ2n) is 1.48. The average molecular weight is 186 g/mol. The number of carbonyl (C=O) groups is 1. The van der Waals surface area contributed by atoms with Crippen LogP contribution in [0.5, 0.6) is 0 Å². The largest absolute Gasteiger partial charge is 0.476 e. The molecular weight excluding hydrogens is 177 g/mol. The summed E-state index contributed by atoms with van der Waals surface area (Å²) in [5, 5.41) is 7.81. The van der Waals surface area contributed by atoms with E-state index >= 15 is 0 Å². The van der Waals surface area contributed by atoms with Gasteiger partial charge in [0.15, 0.2) is 0 Å². The molecule has 0 unspecified atom stereocenters. The Balaban J connectivity index is 0. The van der Waals surface area contributed by atoms with Gasteiger partial charge >= 0.3 is 5.97 Å². The van der Waals surface area contributed by atoms with E-state index in [-0.39, 0.29) is 17.6 Å². The second kappa shape index (κ2) is 6.83. The minimum Gasteiger partial charge on any atom is -0.476 e. The normalized spacial score (nSPS) is 10.4. The van der Waals surface area contributed by atoms with Crippen LogP contribution in [0.25, 0.3) is 0 Å². The molecule has 0 aliphatic rings. The highest BCUT2D eigenvalue weighted by Crippen LogP contribution is 1.87. The van der Waals surface area contributed by atoms with Gasteiger partial charge in [-0.2, -0.15) is 0 Å².